The van der Waals surface area contributed by atoms with E-state index >= 15 is 0 Å². The molecule has 0 aromatic heterocycles. The molecular weight excluding hydrogens is 358 g/mol. The molecule has 0 aliphatic heterocycles. The molecule has 0 fully saturated rings. The number of rotatable bonds is 6. The van der Waals surface area contributed by atoms with E-state index in [-0.39, 0.29) is 5.91 Å². The molecule has 2 aromatic rings. The summed E-state index contributed by atoms with van der Waals surface area (Å²) in [6.45, 7) is 1.41. The Bertz CT molecular complexity index is 835. The summed E-state index contributed by atoms with van der Waals surface area (Å²) in [6, 6.07) is 9.68. The summed E-state index contributed by atoms with van der Waals surface area (Å²) in [5.41, 5.74) is 3.98. The molecule has 2 N–H and O–H groups in total. The van der Waals surface area contributed by atoms with Gasteiger partial charge >= 0.3 is 0 Å². The van der Waals surface area contributed by atoms with Crippen molar-refractivity contribution in [2.24, 2.45) is 5.10 Å². The summed E-state index contributed by atoms with van der Waals surface area (Å²) in [5.74, 6) is 0.419. The van der Waals surface area contributed by atoms with Gasteiger partial charge in [-0.05, 0) is 30.3 Å². The second-order valence-electron chi connectivity index (χ2n) is 5.19. The Morgan fingerprint density at radius 3 is 2.27 bits per heavy atom. The van der Waals surface area contributed by atoms with Gasteiger partial charge in [-0.3, -0.25) is 9.59 Å². The highest BCUT2D eigenvalue weighted by Crippen LogP contribution is 2.32. The molecule has 0 spiro atoms. The monoisotopic (exact) mass is 375 g/mol. The molecule has 2 aromatic carbocycles. The molecule has 8 heteroatoms. The normalized spacial score (nSPS) is 10.5. The number of anilines is 1. The molecule has 0 aliphatic carbocycles. The fraction of sp³-hybridized carbons (Fsp3) is 0.167. The predicted molar refractivity (Wildman–Crippen MR) is 100 cm³/mol. The van der Waals surface area contributed by atoms with E-state index in [4.69, 9.17) is 21.1 Å². The largest absolute Gasteiger partial charge is 0.493 e. The van der Waals surface area contributed by atoms with Crippen molar-refractivity contribution in [2.45, 2.75) is 6.92 Å². The Morgan fingerprint density at radius 1 is 1.08 bits per heavy atom. The molecule has 7 nitrogen and oxygen atoms in total. The van der Waals surface area contributed by atoms with Crippen LogP contribution in [-0.4, -0.2) is 32.2 Å². The van der Waals surface area contributed by atoms with Crippen LogP contribution in [0, 0.1) is 0 Å². The van der Waals surface area contributed by atoms with Crippen LogP contribution in [0.15, 0.2) is 41.5 Å². The molecular formula is C18H18ClN3O4. The minimum absolute atomic E-state index is 0.182. The van der Waals surface area contributed by atoms with Crippen molar-refractivity contribution in [3.05, 3.63) is 52.5 Å². The van der Waals surface area contributed by atoms with Crippen LogP contribution in [0.2, 0.25) is 5.02 Å². The van der Waals surface area contributed by atoms with Crippen molar-refractivity contribution in [1.82, 2.24) is 5.43 Å². The average Bonchev–Trinajstić information content (AvgIpc) is 2.62. The summed E-state index contributed by atoms with van der Waals surface area (Å²) in [7, 11) is 3.03. The summed E-state index contributed by atoms with van der Waals surface area (Å²) in [4.78, 5) is 23.1. The molecule has 0 saturated carbocycles. The summed E-state index contributed by atoms with van der Waals surface area (Å²) in [5, 5.41) is 6.93. The number of halogens is 1. The van der Waals surface area contributed by atoms with E-state index in [1.807, 2.05) is 0 Å². The van der Waals surface area contributed by atoms with Crippen LogP contribution >= 0.6 is 11.6 Å². The molecule has 0 aliphatic rings. The van der Waals surface area contributed by atoms with Crippen molar-refractivity contribution >= 4 is 35.3 Å². The highest BCUT2D eigenvalue weighted by Gasteiger charge is 2.09. The van der Waals surface area contributed by atoms with Gasteiger partial charge in [0.05, 0.1) is 25.5 Å². The lowest BCUT2D eigenvalue weighted by molar-refractivity contribution is -0.114. The van der Waals surface area contributed by atoms with Crippen LogP contribution in [-0.2, 0) is 4.79 Å². The van der Waals surface area contributed by atoms with E-state index in [1.165, 1.54) is 27.4 Å². The number of hydrogen-bond donors (Lipinski definition) is 2. The third-order valence-electron chi connectivity index (χ3n) is 3.34. The lowest BCUT2D eigenvalue weighted by Crippen LogP contribution is -2.17. The lowest BCUT2D eigenvalue weighted by atomic mass is 10.2. The van der Waals surface area contributed by atoms with Gasteiger partial charge < -0.3 is 14.8 Å². The molecule has 0 saturated heterocycles. The second-order valence-corrected chi connectivity index (χ2v) is 5.59. The number of methoxy groups -OCH3 is 2. The van der Waals surface area contributed by atoms with Crippen molar-refractivity contribution in [1.29, 1.82) is 0 Å². The highest BCUT2D eigenvalue weighted by atomic mass is 35.5. The van der Waals surface area contributed by atoms with Crippen molar-refractivity contribution < 1.29 is 19.1 Å². The number of nitrogens with zero attached hydrogens (tertiary/aromatic N) is 1. The number of carbonyl (C=O) groups is 2. The first-order valence-electron chi connectivity index (χ1n) is 7.57. The zero-order valence-corrected chi connectivity index (χ0v) is 15.3. The Labute approximate surface area is 155 Å². The first-order chi connectivity index (χ1) is 12.4. The topological polar surface area (TPSA) is 89.0 Å². The number of nitrogens with one attached hydrogen (secondary N) is 2. The van der Waals surface area contributed by atoms with Gasteiger partial charge in [0, 0.05) is 29.8 Å². The van der Waals surface area contributed by atoms with E-state index in [0.717, 1.165) is 0 Å². The van der Waals surface area contributed by atoms with Gasteiger partial charge in [-0.25, -0.2) is 5.43 Å². The minimum Gasteiger partial charge on any atom is -0.493 e. The minimum atomic E-state index is -0.396. The van der Waals surface area contributed by atoms with Crippen molar-refractivity contribution in [2.75, 3.05) is 19.5 Å². The van der Waals surface area contributed by atoms with Crippen LogP contribution in [0.3, 0.4) is 0 Å². The predicted octanol–water partition coefficient (Wildman–Crippen LogP) is 3.08. The SMILES string of the molecule is COc1cc(Cl)c(/C=N/NC(=O)c2ccc(NC(C)=O)cc2)cc1OC. The third kappa shape index (κ3) is 4.97. The number of benzene rings is 2. The standard InChI is InChI=1S/C18H18ClN3O4/c1-11(23)21-14-6-4-12(5-7-14)18(24)22-20-10-13-8-16(25-2)17(26-3)9-15(13)19/h4-10H,1-3H3,(H,21,23)(H,22,24)/b20-10+. The average molecular weight is 376 g/mol. The Kier molecular flexibility index (Phi) is 6.57. The molecule has 2 rings (SSSR count). The summed E-state index contributed by atoms with van der Waals surface area (Å²) < 4.78 is 10.4. The molecule has 0 atom stereocenters. The molecule has 26 heavy (non-hydrogen) atoms. The maximum atomic E-state index is 12.1. The molecule has 0 unspecified atom stereocenters. The third-order valence-corrected chi connectivity index (χ3v) is 3.67. The van der Waals surface area contributed by atoms with Crippen LogP contribution in [0.4, 0.5) is 5.69 Å². The van der Waals surface area contributed by atoms with Gasteiger partial charge in [0.2, 0.25) is 5.91 Å². The Morgan fingerprint density at radius 2 is 1.69 bits per heavy atom. The van der Waals surface area contributed by atoms with Crippen LogP contribution in [0.5, 0.6) is 11.5 Å². The van der Waals surface area contributed by atoms with Gasteiger partial charge in [0.1, 0.15) is 0 Å². The van der Waals surface area contributed by atoms with Crippen LogP contribution in [0.25, 0.3) is 0 Å². The Hall–Kier alpha value is -3.06. The molecule has 136 valence electrons. The van der Waals surface area contributed by atoms with Gasteiger partial charge in [-0.15, -0.1) is 0 Å². The molecule has 0 radical (unpaired) electrons. The number of hydrazone groups is 1. The van der Waals surface area contributed by atoms with Crippen LogP contribution < -0.4 is 20.2 Å². The van der Waals surface area contributed by atoms with Crippen molar-refractivity contribution in [3.63, 3.8) is 0 Å². The van der Waals surface area contributed by atoms with Gasteiger partial charge in [-0.2, -0.15) is 5.10 Å². The van der Waals surface area contributed by atoms with Crippen molar-refractivity contribution in [3.8, 4) is 11.5 Å². The maximum absolute atomic E-state index is 12.1. The van der Waals surface area contributed by atoms with E-state index < -0.39 is 5.91 Å². The van der Waals surface area contributed by atoms with E-state index in [0.29, 0.717) is 33.3 Å². The Balaban J connectivity index is 2.06. The second kappa shape index (κ2) is 8.87. The number of carbonyl (C=O) groups excluding carboxylic acids is 2. The zero-order chi connectivity index (χ0) is 19.1. The molecule has 0 heterocycles. The van der Waals surface area contributed by atoms with E-state index in [1.54, 1.807) is 36.4 Å². The first kappa shape index (κ1) is 19.3. The van der Waals surface area contributed by atoms with Gasteiger partial charge in [-0.1, -0.05) is 11.6 Å². The molecule has 2 amide bonds. The zero-order valence-electron chi connectivity index (χ0n) is 14.5. The first-order valence-corrected chi connectivity index (χ1v) is 7.95. The summed E-state index contributed by atoms with van der Waals surface area (Å²) >= 11 is 6.15. The highest BCUT2D eigenvalue weighted by molar-refractivity contribution is 6.33. The van der Waals surface area contributed by atoms with E-state index in [9.17, 15) is 9.59 Å². The van der Waals surface area contributed by atoms with Gasteiger partial charge in [0.25, 0.3) is 5.91 Å². The smallest absolute Gasteiger partial charge is 0.271 e. The van der Waals surface area contributed by atoms with Gasteiger partial charge in [0.15, 0.2) is 11.5 Å². The summed E-state index contributed by atoms with van der Waals surface area (Å²) in [6.07, 6.45) is 1.41. The maximum Gasteiger partial charge on any atom is 0.271 e. The number of amides is 2. The van der Waals surface area contributed by atoms with Crippen LogP contribution in [0.1, 0.15) is 22.8 Å². The number of hydrogen-bond acceptors (Lipinski definition) is 5. The fourth-order valence-corrected chi connectivity index (χ4v) is 2.30. The van der Waals surface area contributed by atoms with E-state index in [2.05, 4.69) is 15.8 Å². The lowest BCUT2D eigenvalue weighted by Gasteiger charge is -2.09. The number of ether oxygens (including phenoxy) is 2. The quantitative estimate of drug-likeness (QED) is 0.599. The fourth-order valence-electron chi connectivity index (χ4n) is 2.10. The molecule has 0 bridgehead atoms.